The number of nitrogens with zero attached hydrogens (tertiary/aromatic N) is 6. The van der Waals surface area contributed by atoms with E-state index < -0.39 is 0 Å². The van der Waals surface area contributed by atoms with Crippen LogP contribution in [0.2, 0.25) is 0 Å². The van der Waals surface area contributed by atoms with Gasteiger partial charge in [-0.2, -0.15) is 20.5 Å². The molecule has 4 aromatic carbocycles. The predicted octanol–water partition coefficient (Wildman–Crippen LogP) is 2.73. The number of aromatic nitrogens is 2. The second-order valence-electron chi connectivity index (χ2n) is 5.83. The van der Waals surface area contributed by atoms with Gasteiger partial charge in [-0.1, -0.05) is 48.5 Å². The molecular weight excluding hydrogens is 324 g/mol. The molecule has 1 aromatic heterocycles. The van der Waals surface area contributed by atoms with Crippen molar-refractivity contribution in [2.45, 2.75) is 0 Å². The standard InChI is InChI=1S/C20H8N6/c21-9-23-15-11-5-1-3-7-13(11)17-19(15)26-18-14-8-4-2-6-12(14)16(24-10-22)20(18)25-17/h1-8H/b23-15+,24-16+. The molecule has 0 saturated carbocycles. The Labute approximate surface area is 146 Å². The van der Waals surface area contributed by atoms with Crippen molar-refractivity contribution >= 4 is 43.6 Å². The van der Waals surface area contributed by atoms with Gasteiger partial charge in [0, 0.05) is 21.5 Å². The first-order valence-corrected chi connectivity index (χ1v) is 7.89. The smallest absolute Gasteiger partial charge is 0.206 e. The Morgan fingerprint density at radius 2 is 0.962 bits per heavy atom. The Hall–Kier alpha value is -4.16. The molecule has 0 atom stereocenters. The van der Waals surface area contributed by atoms with Gasteiger partial charge in [0.05, 0.1) is 11.0 Å². The first-order valence-electron chi connectivity index (χ1n) is 7.89. The van der Waals surface area contributed by atoms with Crippen LogP contribution in [-0.4, -0.2) is 9.97 Å². The van der Waals surface area contributed by atoms with E-state index >= 15 is 0 Å². The zero-order valence-corrected chi connectivity index (χ0v) is 13.3. The maximum absolute atomic E-state index is 9.10. The fourth-order valence-electron chi connectivity index (χ4n) is 3.51. The fraction of sp³-hybridized carbons (Fsp3) is 0. The summed E-state index contributed by atoms with van der Waals surface area (Å²) in [6, 6.07) is 15.3. The first-order chi connectivity index (χ1) is 12.8. The number of nitriles is 2. The minimum Gasteiger partial charge on any atom is -0.241 e. The average Bonchev–Trinajstić information content (AvgIpc) is 3.15. The lowest BCUT2D eigenvalue weighted by Gasteiger charge is -1.93. The summed E-state index contributed by atoms with van der Waals surface area (Å²) in [6.07, 6.45) is 3.72. The van der Waals surface area contributed by atoms with Gasteiger partial charge >= 0.3 is 0 Å². The SMILES string of the molecule is N#C/N=c1\c2ccccc2c2nc3/c(=N/C#N)c4ccccc4c3nc12. The van der Waals surface area contributed by atoms with Crippen molar-refractivity contribution in [3.8, 4) is 12.4 Å². The number of hydrogen-bond acceptors (Lipinski definition) is 6. The zero-order chi connectivity index (χ0) is 17.7. The number of benzene rings is 2. The minimum atomic E-state index is 0.525. The normalized spacial score (nSPS) is 13.0. The molecule has 0 bridgehead atoms. The van der Waals surface area contributed by atoms with Crippen LogP contribution in [0.15, 0.2) is 58.5 Å². The summed E-state index contributed by atoms with van der Waals surface area (Å²) in [4.78, 5) is 17.5. The summed E-state index contributed by atoms with van der Waals surface area (Å²) >= 11 is 0. The summed E-state index contributed by atoms with van der Waals surface area (Å²) in [5.74, 6) is 0. The van der Waals surface area contributed by atoms with E-state index in [9.17, 15) is 0 Å². The third-order valence-electron chi connectivity index (χ3n) is 4.54. The summed E-state index contributed by atoms with van der Waals surface area (Å²) in [6.45, 7) is 0. The van der Waals surface area contributed by atoms with Gasteiger partial charge in [-0.15, -0.1) is 0 Å². The third kappa shape index (κ3) is 1.73. The second-order valence-corrected chi connectivity index (χ2v) is 5.83. The Morgan fingerprint density at radius 3 is 1.35 bits per heavy atom. The molecule has 5 aromatic rings. The van der Waals surface area contributed by atoms with E-state index in [1.54, 1.807) is 0 Å². The van der Waals surface area contributed by atoms with E-state index in [1.807, 2.05) is 60.9 Å². The van der Waals surface area contributed by atoms with Crippen LogP contribution >= 0.6 is 0 Å². The Kier molecular flexibility index (Phi) is 2.82. The molecule has 26 heavy (non-hydrogen) atoms. The summed E-state index contributed by atoms with van der Waals surface area (Å²) < 4.78 is 0. The molecule has 6 heteroatoms. The Balaban J connectivity index is 2.15. The van der Waals surface area contributed by atoms with Gasteiger partial charge < -0.3 is 0 Å². The third-order valence-corrected chi connectivity index (χ3v) is 4.54. The molecule has 0 aliphatic carbocycles. The fourth-order valence-corrected chi connectivity index (χ4v) is 3.51. The highest BCUT2D eigenvalue weighted by Gasteiger charge is 2.17. The summed E-state index contributed by atoms with van der Waals surface area (Å²) in [5.41, 5.74) is 2.48. The lowest BCUT2D eigenvalue weighted by Crippen LogP contribution is -2.03. The Bertz CT molecular complexity index is 1430. The van der Waals surface area contributed by atoms with Crippen LogP contribution in [0.25, 0.3) is 43.6 Å². The van der Waals surface area contributed by atoms with Crippen LogP contribution < -0.4 is 10.7 Å². The van der Waals surface area contributed by atoms with Crippen molar-refractivity contribution in [2.24, 2.45) is 9.98 Å². The first kappa shape index (κ1) is 14.2. The second kappa shape index (κ2) is 5.17. The van der Waals surface area contributed by atoms with Gasteiger partial charge in [0.25, 0.3) is 0 Å². The monoisotopic (exact) mass is 332 g/mol. The quantitative estimate of drug-likeness (QED) is 0.407. The molecule has 0 aliphatic heterocycles. The molecule has 0 aliphatic rings. The van der Waals surface area contributed by atoms with Gasteiger partial charge in [-0.3, -0.25) is 0 Å². The van der Waals surface area contributed by atoms with E-state index in [2.05, 4.69) is 9.98 Å². The van der Waals surface area contributed by atoms with Crippen LogP contribution in [0.4, 0.5) is 0 Å². The van der Waals surface area contributed by atoms with Crippen molar-refractivity contribution in [2.75, 3.05) is 0 Å². The highest BCUT2D eigenvalue weighted by Crippen LogP contribution is 2.27. The van der Waals surface area contributed by atoms with E-state index in [0.717, 1.165) is 21.5 Å². The van der Waals surface area contributed by atoms with E-state index in [1.165, 1.54) is 0 Å². The largest absolute Gasteiger partial charge is 0.241 e. The summed E-state index contributed by atoms with van der Waals surface area (Å²) in [7, 11) is 0. The van der Waals surface area contributed by atoms with Gasteiger partial charge in [0.1, 0.15) is 21.7 Å². The van der Waals surface area contributed by atoms with Crippen LogP contribution in [0, 0.1) is 22.9 Å². The molecular formula is C20H8N6. The van der Waals surface area contributed by atoms with Crippen LogP contribution in [0.5, 0.6) is 0 Å². The van der Waals surface area contributed by atoms with Crippen molar-refractivity contribution in [1.29, 1.82) is 10.5 Å². The average molecular weight is 332 g/mol. The van der Waals surface area contributed by atoms with Crippen LogP contribution in [0.1, 0.15) is 0 Å². The van der Waals surface area contributed by atoms with Crippen molar-refractivity contribution in [1.82, 2.24) is 9.97 Å². The molecule has 0 amide bonds. The summed E-state index contributed by atoms with van der Waals surface area (Å²) in [5, 5.41) is 22.7. The zero-order valence-electron chi connectivity index (χ0n) is 13.3. The number of fused-ring (bicyclic) bond motifs is 6. The van der Waals surface area contributed by atoms with Gasteiger partial charge in [-0.25, -0.2) is 9.97 Å². The van der Waals surface area contributed by atoms with E-state index in [0.29, 0.717) is 32.8 Å². The van der Waals surface area contributed by atoms with Crippen molar-refractivity contribution in [3.05, 3.63) is 59.2 Å². The molecule has 0 unspecified atom stereocenters. The molecule has 5 rings (SSSR count). The molecule has 0 radical (unpaired) electrons. The predicted molar refractivity (Wildman–Crippen MR) is 96.8 cm³/mol. The molecule has 6 nitrogen and oxygen atoms in total. The molecule has 0 spiro atoms. The molecule has 0 saturated heterocycles. The lowest BCUT2D eigenvalue weighted by molar-refractivity contribution is 1.33. The Morgan fingerprint density at radius 1 is 0.577 bits per heavy atom. The van der Waals surface area contributed by atoms with Gasteiger partial charge in [0.15, 0.2) is 0 Å². The maximum Gasteiger partial charge on any atom is 0.206 e. The van der Waals surface area contributed by atoms with Gasteiger partial charge in [0.2, 0.25) is 12.4 Å². The van der Waals surface area contributed by atoms with Crippen LogP contribution in [0.3, 0.4) is 0 Å². The number of hydrogen-bond donors (Lipinski definition) is 0. The van der Waals surface area contributed by atoms with Crippen LogP contribution in [-0.2, 0) is 0 Å². The lowest BCUT2D eigenvalue weighted by atomic mass is 10.2. The van der Waals surface area contributed by atoms with E-state index in [-0.39, 0.29) is 0 Å². The molecule has 0 fully saturated rings. The highest BCUT2D eigenvalue weighted by molar-refractivity contribution is 6.14. The molecule has 1 heterocycles. The minimum absolute atomic E-state index is 0.525. The maximum atomic E-state index is 9.10. The highest BCUT2D eigenvalue weighted by atomic mass is 14.9. The van der Waals surface area contributed by atoms with Gasteiger partial charge in [-0.05, 0) is 0 Å². The molecule has 0 N–H and O–H groups in total. The van der Waals surface area contributed by atoms with Crippen molar-refractivity contribution < 1.29 is 0 Å². The number of rotatable bonds is 0. The van der Waals surface area contributed by atoms with E-state index in [4.69, 9.17) is 20.5 Å². The van der Waals surface area contributed by atoms with Crippen molar-refractivity contribution in [3.63, 3.8) is 0 Å². The topological polar surface area (TPSA) is 98.1 Å². The molecule has 118 valence electrons.